The average Bonchev–Trinajstić information content (AvgIpc) is 2.28. The maximum absolute atomic E-state index is 11.1. The second kappa shape index (κ2) is 5.34. The van der Waals surface area contributed by atoms with E-state index < -0.39 is 5.97 Å². The molecule has 0 aliphatic rings. The molecule has 0 unspecified atom stereocenters. The van der Waals surface area contributed by atoms with Crippen molar-refractivity contribution in [1.29, 1.82) is 0 Å². The second-order valence-corrected chi connectivity index (χ2v) is 3.54. The maximum atomic E-state index is 11.1. The van der Waals surface area contributed by atoms with Crippen molar-refractivity contribution in [2.45, 2.75) is 13.3 Å². The molecule has 0 aliphatic carbocycles. The van der Waals surface area contributed by atoms with Gasteiger partial charge >= 0.3 is 5.97 Å². The van der Waals surface area contributed by atoms with Gasteiger partial charge < -0.3 is 14.6 Å². The summed E-state index contributed by atoms with van der Waals surface area (Å²) in [4.78, 5) is 22.2. The number of hydrogen-bond donors (Lipinski definition) is 1. The van der Waals surface area contributed by atoms with E-state index in [9.17, 15) is 9.59 Å². The van der Waals surface area contributed by atoms with Crippen LogP contribution < -0.4 is 9.47 Å². The van der Waals surface area contributed by atoms with Gasteiger partial charge in [-0.15, -0.1) is 0 Å². The molecule has 0 spiro atoms. The van der Waals surface area contributed by atoms with Gasteiger partial charge in [0.2, 0.25) is 0 Å². The van der Waals surface area contributed by atoms with Crippen molar-refractivity contribution in [3.63, 3.8) is 0 Å². The van der Waals surface area contributed by atoms with Crippen LogP contribution in [0.25, 0.3) is 0 Å². The zero-order valence-electron chi connectivity index (χ0n) is 9.94. The van der Waals surface area contributed by atoms with E-state index in [1.165, 1.54) is 27.2 Å². The first-order valence-electron chi connectivity index (χ1n) is 4.97. The molecule has 0 atom stereocenters. The Labute approximate surface area is 99.0 Å². The molecule has 0 radical (unpaired) electrons. The number of carbonyl (C=O) groups is 2. The minimum absolute atomic E-state index is 0.0226. The lowest BCUT2D eigenvalue weighted by atomic mass is 10.0. The number of ether oxygens (including phenoxy) is 2. The van der Waals surface area contributed by atoms with Gasteiger partial charge in [0, 0.05) is 18.1 Å². The highest BCUT2D eigenvalue weighted by molar-refractivity contribution is 5.93. The summed E-state index contributed by atoms with van der Waals surface area (Å²) in [7, 11) is 2.86. The van der Waals surface area contributed by atoms with E-state index in [4.69, 9.17) is 14.6 Å². The minimum atomic E-state index is -1.11. The van der Waals surface area contributed by atoms with E-state index in [2.05, 4.69) is 0 Å². The summed E-state index contributed by atoms with van der Waals surface area (Å²) in [5.41, 5.74) is 0.393. The Balaban J connectivity index is 3.40. The Hall–Kier alpha value is -2.04. The number of methoxy groups -OCH3 is 2. The molecule has 0 heterocycles. The lowest BCUT2D eigenvalue weighted by molar-refractivity contribution is -0.116. The zero-order valence-corrected chi connectivity index (χ0v) is 9.94. The summed E-state index contributed by atoms with van der Waals surface area (Å²) in [5, 5.41) is 9.10. The number of carbonyl (C=O) groups excluding carboxylic acids is 1. The Morgan fingerprint density at radius 1 is 1.24 bits per heavy atom. The normalized spacial score (nSPS) is 9.82. The van der Waals surface area contributed by atoms with Crippen LogP contribution in [0.2, 0.25) is 0 Å². The second-order valence-electron chi connectivity index (χ2n) is 3.54. The third-order valence-corrected chi connectivity index (χ3v) is 2.29. The minimum Gasteiger partial charge on any atom is -0.497 e. The van der Waals surface area contributed by atoms with Crippen molar-refractivity contribution in [1.82, 2.24) is 0 Å². The van der Waals surface area contributed by atoms with Crippen molar-refractivity contribution >= 4 is 11.8 Å². The summed E-state index contributed by atoms with van der Waals surface area (Å²) in [6.45, 7) is 1.40. The molecule has 0 aromatic heterocycles. The first kappa shape index (κ1) is 13.0. The molecule has 0 aliphatic heterocycles. The fourth-order valence-corrected chi connectivity index (χ4v) is 1.54. The highest BCUT2D eigenvalue weighted by Gasteiger charge is 2.18. The lowest BCUT2D eigenvalue weighted by Crippen LogP contribution is -2.09. The lowest BCUT2D eigenvalue weighted by Gasteiger charge is -2.12. The van der Waals surface area contributed by atoms with Crippen molar-refractivity contribution < 1.29 is 24.2 Å². The number of aromatic carboxylic acids is 1. The molecule has 0 bridgehead atoms. The predicted molar refractivity (Wildman–Crippen MR) is 60.9 cm³/mol. The van der Waals surface area contributed by atoms with Crippen LogP contribution in [0.15, 0.2) is 12.1 Å². The van der Waals surface area contributed by atoms with Gasteiger partial charge in [-0.3, -0.25) is 4.79 Å². The molecule has 17 heavy (non-hydrogen) atoms. The van der Waals surface area contributed by atoms with Crippen molar-refractivity contribution in [2.24, 2.45) is 0 Å². The Morgan fingerprint density at radius 2 is 1.88 bits per heavy atom. The SMILES string of the molecule is COc1cc(OC)c(CC(C)=O)c(C(=O)O)c1. The zero-order chi connectivity index (χ0) is 13.0. The van der Waals surface area contributed by atoms with Crippen LogP contribution in [0.1, 0.15) is 22.8 Å². The summed E-state index contributed by atoms with van der Waals surface area (Å²) >= 11 is 0. The topological polar surface area (TPSA) is 72.8 Å². The van der Waals surface area contributed by atoms with Gasteiger partial charge in [0.15, 0.2) is 0 Å². The van der Waals surface area contributed by atoms with Gasteiger partial charge in [-0.25, -0.2) is 4.79 Å². The van der Waals surface area contributed by atoms with E-state index in [1.807, 2.05) is 0 Å². The first-order valence-corrected chi connectivity index (χ1v) is 4.97. The monoisotopic (exact) mass is 238 g/mol. The third-order valence-electron chi connectivity index (χ3n) is 2.29. The molecule has 5 nitrogen and oxygen atoms in total. The Morgan fingerprint density at radius 3 is 2.29 bits per heavy atom. The third kappa shape index (κ3) is 2.96. The average molecular weight is 238 g/mol. The van der Waals surface area contributed by atoms with E-state index in [-0.39, 0.29) is 17.8 Å². The predicted octanol–water partition coefficient (Wildman–Crippen LogP) is 1.53. The molecule has 0 amide bonds. The number of benzene rings is 1. The van der Waals surface area contributed by atoms with Gasteiger partial charge in [0.25, 0.3) is 0 Å². The highest BCUT2D eigenvalue weighted by atomic mass is 16.5. The van der Waals surface area contributed by atoms with Crippen molar-refractivity contribution in [3.8, 4) is 11.5 Å². The molecule has 1 N–H and O–H groups in total. The molecular formula is C12H14O5. The number of carboxylic acids is 1. The van der Waals surface area contributed by atoms with Crippen LogP contribution in [-0.4, -0.2) is 31.1 Å². The smallest absolute Gasteiger partial charge is 0.336 e. The number of carboxylic acid groups (broad SMARTS) is 1. The van der Waals surface area contributed by atoms with Crippen LogP contribution in [0.4, 0.5) is 0 Å². The van der Waals surface area contributed by atoms with Gasteiger partial charge in [-0.05, 0) is 13.0 Å². The van der Waals surface area contributed by atoms with Crippen molar-refractivity contribution in [3.05, 3.63) is 23.3 Å². The Bertz CT molecular complexity index is 450. The number of hydrogen-bond acceptors (Lipinski definition) is 4. The molecule has 1 aromatic carbocycles. The molecule has 0 fully saturated rings. The molecule has 0 saturated heterocycles. The molecule has 92 valence electrons. The number of ketones is 1. The highest BCUT2D eigenvalue weighted by Crippen LogP contribution is 2.29. The summed E-state index contributed by atoms with van der Waals surface area (Å²) in [6, 6.07) is 2.94. The van der Waals surface area contributed by atoms with E-state index in [1.54, 1.807) is 6.07 Å². The molecule has 0 saturated carbocycles. The standard InChI is InChI=1S/C12H14O5/c1-7(13)4-9-10(12(14)15)5-8(16-2)6-11(9)17-3/h5-6H,4H2,1-3H3,(H,14,15). The van der Waals surface area contributed by atoms with Gasteiger partial charge in [0.05, 0.1) is 19.8 Å². The first-order chi connectivity index (χ1) is 7.99. The quantitative estimate of drug-likeness (QED) is 0.842. The summed E-state index contributed by atoms with van der Waals surface area (Å²) in [5.74, 6) is -0.516. The molecule has 5 heteroatoms. The van der Waals surface area contributed by atoms with E-state index in [0.717, 1.165) is 0 Å². The van der Waals surface area contributed by atoms with E-state index in [0.29, 0.717) is 17.1 Å². The fraction of sp³-hybridized carbons (Fsp3) is 0.333. The molecule has 1 aromatic rings. The molecular weight excluding hydrogens is 224 g/mol. The maximum Gasteiger partial charge on any atom is 0.336 e. The van der Waals surface area contributed by atoms with Crippen LogP contribution in [0.3, 0.4) is 0 Å². The number of rotatable bonds is 5. The van der Waals surface area contributed by atoms with Gasteiger partial charge in [0.1, 0.15) is 17.3 Å². The van der Waals surface area contributed by atoms with E-state index >= 15 is 0 Å². The van der Waals surface area contributed by atoms with Crippen LogP contribution in [0.5, 0.6) is 11.5 Å². The van der Waals surface area contributed by atoms with Crippen LogP contribution in [-0.2, 0) is 11.2 Å². The van der Waals surface area contributed by atoms with Gasteiger partial charge in [-0.2, -0.15) is 0 Å². The van der Waals surface area contributed by atoms with Gasteiger partial charge in [-0.1, -0.05) is 0 Å². The summed E-state index contributed by atoms with van der Waals surface area (Å²) in [6.07, 6.45) is 0.0226. The number of Topliss-reactive ketones (excluding diaryl/α,β-unsaturated/α-hetero) is 1. The van der Waals surface area contributed by atoms with Crippen LogP contribution >= 0.6 is 0 Å². The fourth-order valence-electron chi connectivity index (χ4n) is 1.54. The Kier molecular flexibility index (Phi) is 4.09. The van der Waals surface area contributed by atoms with Crippen molar-refractivity contribution in [2.75, 3.05) is 14.2 Å². The molecule has 1 rings (SSSR count). The summed E-state index contributed by atoms with van der Waals surface area (Å²) < 4.78 is 10.1. The largest absolute Gasteiger partial charge is 0.497 e. The van der Waals surface area contributed by atoms with Crippen LogP contribution in [0, 0.1) is 0 Å².